The summed E-state index contributed by atoms with van der Waals surface area (Å²) in [6.07, 6.45) is 6.08. The molecule has 0 aromatic heterocycles. The van der Waals surface area contributed by atoms with Crippen LogP contribution in [0.5, 0.6) is 0 Å². The van der Waals surface area contributed by atoms with Crippen molar-refractivity contribution in [3.63, 3.8) is 0 Å². The molecule has 4 nitrogen and oxygen atoms in total. The first-order chi connectivity index (χ1) is 8.88. The minimum absolute atomic E-state index is 0.0176. The predicted molar refractivity (Wildman–Crippen MR) is 78.1 cm³/mol. The number of hydrogen-bond donors (Lipinski definition) is 2. The van der Waals surface area contributed by atoms with Crippen LogP contribution in [0.15, 0.2) is 36.2 Å². The van der Waals surface area contributed by atoms with Crippen molar-refractivity contribution in [2.75, 3.05) is 0 Å². The van der Waals surface area contributed by atoms with E-state index in [-0.39, 0.29) is 11.8 Å². The van der Waals surface area contributed by atoms with Crippen molar-refractivity contribution in [3.05, 3.63) is 36.2 Å². The lowest BCUT2D eigenvalue weighted by Crippen LogP contribution is -2.23. The minimum atomic E-state index is -0.0829. The summed E-state index contributed by atoms with van der Waals surface area (Å²) in [5.41, 5.74) is 1.20. The molecule has 0 rings (SSSR count). The van der Waals surface area contributed by atoms with Crippen molar-refractivity contribution in [1.29, 1.82) is 0 Å². The van der Waals surface area contributed by atoms with Crippen molar-refractivity contribution in [2.45, 2.75) is 40.5 Å². The van der Waals surface area contributed by atoms with Crippen molar-refractivity contribution < 1.29 is 9.59 Å². The lowest BCUT2D eigenvalue weighted by Gasteiger charge is -2.08. The summed E-state index contributed by atoms with van der Waals surface area (Å²) in [5.74, 6) is 0.220. The highest BCUT2D eigenvalue weighted by molar-refractivity contribution is 5.79. The fraction of sp³-hybridized carbons (Fsp3) is 0.467. The molecule has 19 heavy (non-hydrogen) atoms. The Balaban J connectivity index is 4.37. The topological polar surface area (TPSA) is 58.2 Å². The van der Waals surface area contributed by atoms with E-state index in [4.69, 9.17) is 0 Å². The van der Waals surface area contributed by atoms with Gasteiger partial charge in [-0.1, -0.05) is 33.4 Å². The lowest BCUT2D eigenvalue weighted by atomic mass is 10.1. The fourth-order valence-corrected chi connectivity index (χ4v) is 1.29. The Morgan fingerprint density at radius 2 is 1.79 bits per heavy atom. The molecule has 0 aromatic rings. The molecular formula is C15H24N2O2. The molecular weight excluding hydrogens is 240 g/mol. The fourth-order valence-electron chi connectivity index (χ4n) is 1.29. The summed E-state index contributed by atoms with van der Waals surface area (Å²) in [5, 5.41) is 5.44. The molecule has 0 aliphatic carbocycles. The Labute approximate surface area is 115 Å². The van der Waals surface area contributed by atoms with Gasteiger partial charge in [-0.15, -0.1) is 0 Å². The molecule has 0 bridgehead atoms. The zero-order valence-electron chi connectivity index (χ0n) is 12.2. The second-order valence-electron chi connectivity index (χ2n) is 4.65. The number of hydrogen-bond acceptors (Lipinski definition) is 2. The van der Waals surface area contributed by atoms with Gasteiger partial charge in [0, 0.05) is 24.2 Å². The Morgan fingerprint density at radius 1 is 1.16 bits per heavy atom. The Bertz CT molecular complexity index is 393. The smallest absolute Gasteiger partial charge is 0.224 e. The molecule has 0 unspecified atom stereocenters. The molecule has 0 saturated heterocycles. The second-order valence-corrected chi connectivity index (χ2v) is 4.65. The van der Waals surface area contributed by atoms with Gasteiger partial charge in [0.1, 0.15) is 0 Å². The molecule has 2 N–H and O–H groups in total. The Kier molecular flexibility index (Phi) is 8.25. The first kappa shape index (κ1) is 17.2. The molecule has 0 atom stereocenters. The molecule has 2 amide bonds. The maximum atomic E-state index is 11.6. The SMILES string of the molecule is C=C(/C=C\C(=C/C)NC(=O)CC(C)C)NC(=O)CC. The predicted octanol–water partition coefficient (Wildman–Crippen LogP) is 2.65. The average molecular weight is 264 g/mol. The van der Waals surface area contributed by atoms with Crippen LogP contribution in [-0.4, -0.2) is 11.8 Å². The molecule has 0 aromatic carbocycles. The van der Waals surface area contributed by atoms with E-state index >= 15 is 0 Å². The number of carbonyl (C=O) groups excluding carboxylic acids is 2. The standard InChI is InChI=1S/C15H24N2O2/c1-6-13(17-15(19)10-11(3)4)9-8-12(5)16-14(18)7-2/h6,8-9,11H,5,7,10H2,1-4H3,(H,16,18)(H,17,19)/b9-8-,13-6+. The second kappa shape index (κ2) is 9.14. The van der Waals surface area contributed by atoms with Crippen LogP contribution in [0.4, 0.5) is 0 Å². The van der Waals surface area contributed by atoms with Gasteiger partial charge in [0.2, 0.25) is 11.8 Å². The van der Waals surface area contributed by atoms with Gasteiger partial charge in [0.25, 0.3) is 0 Å². The van der Waals surface area contributed by atoms with Crippen LogP contribution in [-0.2, 0) is 9.59 Å². The number of carbonyl (C=O) groups is 2. The first-order valence-electron chi connectivity index (χ1n) is 6.52. The van der Waals surface area contributed by atoms with Gasteiger partial charge < -0.3 is 10.6 Å². The molecule has 0 aliphatic rings. The molecule has 0 spiro atoms. The minimum Gasteiger partial charge on any atom is -0.327 e. The quantitative estimate of drug-likeness (QED) is 0.694. The third-order valence-corrected chi connectivity index (χ3v) is 2.27. The maximum absolute atomic E-state index is 11.6. The Hall–Kier alpha value is -1.84. The number of rotatable bonds is 7. The van der Waals surface area contributed by atoms with E-state index in [0.29, 0.717) is 30.2 Å². The van der Waals surface area contributed by atoms with E-state index in [2.05, 4.69) is 17.2 Å². The number of allylic oxidation sites excluding steroid dienone is 3. The normalized spacial score (nSPS) is 11.7. The van der Waals surface area contributed by atoms with E-state index in [0.717, 1.165) is 0 Å². The van der Waals surface area contributed by atoms with Gasteiger partial charge in [-0.3, -0.25) is 9.59 Å². The Morgan fingerprint density at radius 3 is 2.26 bits per heavy atom. The number of nitrogens with one attached hydrogen (secondary N) is 2. The van der Waals surface area contributed by atoms with E-state index < -0.39 is 0 Å². The van der Waals surface area contributed by atoms with Gasteiger partial charge in [-0.25, -0.2) is 0 Å². The van der Waals surface area contributed by atoms with E-state index in [9.17, 15) is 9.59 Å². The zero-order valence-corrected chi connectivity index (χ0v) is 12.2. The van der Waals surface area contributed by atoms with Gasteiger partial charge in [0.05, 0.1) is 0 Å². The van der Waals surface area contributed by atoms with E-state index in [1.165, 1.54) is 0 Å². The summed E-state index contributed by atoms with van der Waals surface area (Å²) >= 11 is 0. The highest BCUT2D eigenvalue weighted by Crippen LogP contribution is 2.02. The molecule has 4 heteroatoms. The summed E-state index contributed by atoms with van der Waals surface area (Å²) in [6.45, 7) is 11.3. The molecule has 0 saturated carbocycles. The monoisotopic (exact) mass is 264 g/mol. The highest BCUT2D eigenvalue weighted by Gasteiger charge is 2.05. The van der Waals surface area contributed by atoms with E-state index in [1.54, 1.807) is 25.2 Å². The van der Waals surface area contributed by atoms with Crippen LogP contribution in [0.25, 0.3) is 0 Å². The number of amides is 2. The van der Waals surface area contributed by atoms with Crippen molar-refractivity contribution >= 4 is 11.8 Å². The highest BCUT2D eigenvalue weighted by atomic mass is 16.2. The molecule has 0 aliphatic heterocycles. The molecule has 0 heterocycles. The van der Waals surface area contributed by atoms with Crippen molar-refractivity contribution in [1.82, 2.24) is 10.6 Å². The largest absolute Gasteiger partial charge is 0.327 e. The summed E-state index contributed by atoms with van der Waals surface area (Å²) in [6, 6.07) is 0. The third kappa shape index (κ3) is 8.83. The van der Waals surface area contributed by atoms with Gasteiger partial charge in [-0.2, -0.15) is 0 Å². The van der Waals surface area contributed by atoms with Crippen LogP contribution < -0.4 is 10.6 Å². The first-order valence-corrected chi connectivity index (χ1v) is 6.52. The van der Waals surface area contributed by atoms with Crippen LogP contribution >= 0.6 is 0 Å². The van der Waals surface area contributed by atoms with Crippen LogP contribution in [0.1, 0.15) is 40.5 Å². The van der Waals surface area contributed by atoms with Gasteiger partial charge >= 0.3 is 0 Å². The summed E-state index contributed by atoms with van der Waals surface area (Å²) in [7, 11) is 0. The molecule has 0 fully saturated rings. The average Bonchev–Trinajstić information content (AvgIpc) is 2.33. The van der Waals surface area contributed by atoms with Gasteiger partial charge in [-0.05, 0) is 25.0 Å². The van der Waals surface area contributed by atoms with Gasteiger partial charge in [0.15, 0.2) is 0 Å². The van der Waals surface area contributed by atoms with E-state index in [1.807, 2.05) is 20.8 Å². The molecule has 106 valence electrons. The summed E-state index contributed by atoms with van der Waals surface area (Å²) < 4.78 is 0. The zero-order chi connectivity index (χ0) is 14.8. The van der Waals surface area contributed by atoms with Crippen LogP contribution in [0.3, 0.4) is 0 Å². The third-order valence-electron chi connectivity index (χ3n) is 2.27. The van der Waals surface area contributed by atoms with Crippen LogP contribution in [0, 0.1) is 5.92 Å². The lowest BCUT2D eigenvalue weighted by molar-refractivity contribution is -0.121. The van der Waals surface area contributed by atoms with Crippen molar-refractivity contribution in [3.8, 4) is 0 Å². The molecule has 0 radical (unpaired) electrons. The maximum Gasteiger partial charge on any atom is 0.224 e. The summed E-state index contributed by atoms with van der Waals surface area (Å²) in [4.78, 5) is 22.8. The van der Waals surface area contributed by atoms with Crippen molar-refractivity contribution in [2.24, 2.45) is 5.92 Å². The van der Waals surface area contributed by atoms with Crippen LogP contribution in [0.2, 0.25) is 0 Å².